The van der Waals surface area contributed by atoms with Crippen LogP contribution in [0.4, 0.5) is 11.5 Å². The standard InChI is InChI=1S/C25H32N4O5/c1-5-7-13-29-22(26)21(23(31)27-25(29)33)28(12-6-2)20(30)11-10-18-16(4)17-9-8-15(3)14-19(17)34-24(18)32/h8-9,14H,5-7,10-13,26H2,1-4H3,(H,27,31,33). The van der Waals surface area contributed by atoms with Crippen molar-refractivity contribution in [3.63, 3.8) is 0 Å². The van der Waals surface area contributed by atoms with E-state index < -0.39 is 16.9 Å². The summed E-state index contributed by atoms with van der Waals surface area (Å²) in [5.41, 5.74) is 7.10. The Morgan fingerprint density at radius 1 is 1.15 bits per heavy atom. The highest BCUT2D eigenvalue weighted by Gasteiger charge is 2.24. The predicted octanol–water partition coefficient (Wildman–Crippen LogP) is 3.02. The zero-order valence-electron chi connectivity index (χ0n) is 20.2. The van der Waals surface area contributed by atoms with Gasteiger partial charge in [0.05, 0.1) is 0 Å². The molecule has 0 fully saturated rings. The van der Waals surface area contributed by atoms with Crippen LogP contribution >= 0.6 is 0 Å². The van der Waals surface area contributed by atoms with E-state index in [2.05, 4.69) is 4.98 Å². The average Bonchev–Trinajstić information content (AvgIpc) is 2.77. The number of hydrogen-bond donors (Lipinski definition) is 2. The number of amides is 1. The fourth-order valence-electron chi connectivity index (χ4n) is 4.12. The van der Waals surface area contributed by atoms with Crippen molar-refractivity contribution in [1.82, 2.24) is 9.55 Å². The van der Waals surface area contributed by atoms with Crippen LogP contribution in [0.15, 0.2) is 37.0 Å². The lowest BCUT2D eigenvalue weighted by atomic mass is 10.0. The number of H-pyrrole nitrogens is 1. The third-order valence-corrected chi connectivity index (χ3v) is 6.00. The number of rotatable bonds is 9. The van der Waals surface area contributed by atoms with E-state index in [1.165, 1.54) is 9.47 Å². The molecule has 34 heavy (non-hydrogen) atoms. The lowest BCUT2D eigenvalue weighted by Crippen LogP contribution is -2.41. The van der Waals surface area contributed by atoms with Crippen molar-refractivity contribution < 1.29 is 9.21 Å². The zero-order chi connectivity index (χ0) is 25.0. The number of carbonyl (C=O) groups excluding carboxylic acids is 1. The molecule has 2 heterocycles. The van der Waals surface area contributed by atoms with Crippen LogP contribution < -0.4 is 27.5 Å². The van der Waals surface area contributed by atoms with Crippen molar-refractivity contribution >= 4 is 28.4 Å². The lowest BCUT2D eigenvalue weighted by molar-refractivity contribution is -0.118. The van der Waals surface area contributed by atoms with E-state index in [-0.39, 0.29) is 36.8 Å². The first-order chi connectivity index (χ1) is 16.2. The van der Waals surface area contributed by atoms with Gasteiger partial charge in [-0.15, -0.1) is 0 Å². The van der Waals surface area contributed by atoms with Crippen LogP contribution in [0.1, 0.15) is 56.2 Å². The van der Waals surface area contributed by atoms with Gasteiger partial charge in [-0.1, -0.05) is 32.4 Å². The van der Waals surface area contributed by atoms with E-state index in [0.717, 1.165) is 22.9 Å². The summed E-state index contributed by atoms with van der Waals surface area (Å²) in [7, 11) is 0. The molecule has 0 radical (unpaired) electrons. The summed E-state index contributed by atoms with van der Waals surface area (Å²) < 4.78 is 6.78. The topological polar surface area (TPSA) is 131 Å². The number of unbranched alkanes of at least 4 members (excludes halogenated alkanes) is 1. The smallest absolute Gasteiger partial charge is 0.339 e. The maximum absolute atomic E-state index is 13.3. The Labute approximate surface area is 197 Å². The number of nitrogen functional groups attached to an aromatic ring is 1. The number of nitrogens with zero attached hydrogens (tertiary/aromatic N) is 2. The summed E-state index contributed by atoms with van der Waals surface area (Å²) in [6, 6.07) is 5.65. The normalized spacial score (nSPS) is 11.2. The second-order valence-electron chi connectivity index (χ2n) is 8.54. The van der Waals surface area contributed by atoms with Crippen LogP contribution in [0, 0.1) is 13.8 Å². The second kappa shape index (κ2) is 10.5. The van der Waals surface area contributed by atoms with Crippen LogP contribution in [0.5, 0.6) is 0 Å². The number of nitrogens with two attached hydrogens (primary N) is 1. The predicted molar refractivity (Wildman–Crippen MR) is 134 cm³/mol. The number of aryl methyl sites for hydroxylation is 2. The Morgan fingerprint density at radius 3 is 2.56 bits per heavy atom. The summed E-state index contributed by atoms with van der Waals surface area (Å²) >= 11 is 0. The van der Waals surface area contributed by atoms with Crippen LogP contribution in [-0.4, -0.2) is 22.0 Å². The van der Waals surface area contributed by atoms with Gasteiger partial charge in [0.1, 0.15) is 11.4 Å². The second-order valence-corrected chi connectivity index (χ2v) is 8.54. The van der Waals surface area contributed by atoms with Crippen LogP contribution in [0.3, 0.4) is 0 Å². The van der Waals surface area contributed by atoms with Gasteiger partial charge in [0.15, 0.2) is 5.69 Å². The minimum Gasteiger partial charge on any atom is -0.423 e. The van der Waals surface area contributed by atoms with Crippen molar-refractivity contribution in [3.8, 4) is 0 Å². The molecule has 0 atom stereocenters. The molecule has 3 aromatic rings. The Kier molecular flexibility index (Phi) is 7.75. The summed E-state index contributed by atoms with van der Waals surface area (Å²) in [5, 5.41) is 0.821. The van der Waals surface area contributed by atoms with Gasteiger partial charge in [-0.25, -0.2) is 9.59 Å². The SMILES string of the molecule is CCCCn1c(N)c(N(CCC)C(=O)CCc2c(C)c3ccc(C)cc3oc2=O)c(=O)[nH]c1=O. The maximum atomic E-state index is 13.3. The molecule has 9 heteroatoms. The number of aromatic amines is 1. The Morgan fingerprint density at radius 2 is 1.88 bits per heavy atom. The first-order valence-corrected chi connectivity index (χ1v) is 11.6. The Bertz CT molecular complexity index is 1380. The fraction of sp³-hybridized carbons (Fsp3) is 0.440. The molecule has 0 aliphatic carbocycles. The molecule has 0 spiro atoms. The molecule has 9 nitrogen and oxygen atoms in total. The fourth-order valence-corrected chi connectivity index (χ4v) is 4.12. The summed E-state index contributed by atoms with van der Waals surface area (Å²) in [6.07, 6.45) is 2.26. The minimum absolute atomic E-state index is 0.0179. The highest BCUT2D eigenvalue weighted by Crippen LogP contribution is 2.23. The maximum Gasteiger partial charge on any atom is 0.339 e. The third kappa shape index (κ3) is 4.98. The number of hydrogen-bond acceptors (Lipinski definition) is 6. The lowest BCUT2D eigenvalue weighted by Gasteiger charge is -2.24. The largest absolute Gasteiger partial charge is 0.423 e. The van der Waals surface area contributed by atoms with Gasteiger partial charge in [0.2, 0.25) is 5.91 Å². The molecule has 0 unspecified atom stereocenters. The molecule has 0 bridgehead atoms. The molecule has 3 N–H and O–H groups in total. The number of nitrogens with one attached hydrogen (secondary N) is 1. The van der Waals surface area contributed by atoms with Crippen LogP contribution in [0.2, 0.25) is 0 Å². The molecule has 1 aromatic carbocycles. The van der Waals surface area contributed by atoms with Gasteiger partial charge in [-0.2, -0.15) is 0 Å². The van der Waals surface area contributed by atoms with Crippen LogP contribution in [-0.2, 0) is 17.8 Å². The van der Waals surface area contributed by atoms with Gasteiger partial charge in [-0.05, 0) is 50.3 Å². The molecular formula is C25H32N4O5. The minimum atomic E-state index is -0.700. The number of carbonyl (C=O) groups is 1. The van der Waals surface area contributed by atoms with E-state index in [4.69, 9.17) is 10.2 Å². The number of fused-ring (bicyclic) bond motifs is 1. The van der Waals surface area contributed by atoms with E-state index >= 15 is 0 Å². The molecule has 0 saturated heterocycles. The molecule has 0 aliphatic heterocycles. The van der Waals surface area contributed by atoms with Crippen molar-refractivity contribution in [2.24, 2.45) is 0 Å². The third-order valence-electron chi connectivity index (χ3n) is 6.00. The average molecular weight is 469 g/mol. The van der Waals surface area contributed by atoms with E-state index in [9.17, 15) is 19.2 Å². The molecule has 0 saturated carbocycles. The monoisotopic (exact) mass is 468 g/mol. The summed E-state index contributed by atoms with van der Waals surface area (Å²) in [4.78, 5) is 54.4. The Hall–Kier alpha value is -3.62. The van der Waals surface area contributed by atoms with Gasteiger partial charge >= 0.3 is 11.3 Å². The quantitative estimate of drug-likeness (QED) is 0.464. The van der Waals surface area contributed by atoms with Gasteiger partial charge in [0.25, 0.3) is 5.56 Å². The first-order valence-electron chi connectivity index (χ1n) is 11.6. The van der Waals surface area contributed by atoms with Crippen molar-refractivity contribution in [1.29, 1.82) is 0 Å². The highest BCUT2D eigenvalue weighted by atomic mass is 16.4. The molecular weight excluding hydrogens is 436 g/mol. The van der Waals surface area contributed by atoms with E-state index in [0.29, 0.717) is 30.5 Å². The van der Waals surface area contributed by atoms with E-state index in [1.807, 2.05) is 45.9 Å². The zero-order valence-corrected chi connectivity index (χ0v) is 20.2. The molecule has 1 amide bonds. The van der Waals surface area contributed by atoms with Gasteiger partial charge in [-0.3, -0.25) is 19.1 Å². The van der Waals surface area contributed by atoms with Crippen LogP contribution in [0.25, 0.3) is 11.0 Å². The number of anilines is 2. The van der Waals surface area contributed by atoms with Crippen molar-refractivity contribution in [2.45, 2.75) is 66.3 Å². The molecule has 2 aromatic heterocycles. The van der Waals surface area contributed by atoms with Crippen molar-refractivity contribution in [2.75, 3.05) is 17.2 Å². The van der Waals surface area contributed by atoms with Crippen molar-refractivity contribution in [3.05, 3.63) is 66.1 Å². The van der Waals surface area contributed by atoms with E-state index in [1.54, 1.807) is 0 Å². The molecule has 0 aliphatic rings. The number of benzene rings is 1. The van der Waals surface area contributed by atoms with Gasteiger partial charge in [0, 0.05) is 30.5 Å². The number of aromatic nitrogens is 2. The summed E-state index contributed by atoms with van der Waals surface area (Å²) in [6.45, 7) is 8.21. The summed E-state index contributed by atoms with van der Waals surface area (Å²) in [5.74, 6) is -0.386. The molecule has 3 rings (SSSR count). The molecule has 182 valence electrons. The Balaban J connectivity index is 1.94. The van der Waals surface area contributed by atoms with Gasteiger partial charge < -0.3 is 15.1 Å². The highest BCUT2D eigenvalue weighted by molar-refractivity contribution is 5.95. The first kappa shape index (κ1) is 25.0.